The van der Waals surface area contributed by atoms with Crippen LogP contribution in [0.4, 0.5) is 0 Å². The molecule has 1 aliphatic carbocycles. The number of hydrogen-bond acceptors (Lipinski definition) is 4. The molecule has 0 aromatic carbocycles. The van der Waals surface area contributed by atoms with Crippen molar-refractivity contribution in [2.45, 2.75) is 25.0 Å². The van der Waals surface area contributed by atoms with Gasteiger partial charge in [0, 0.05) is 27.7 Å². The van der Waals surface area contributed by atoms with Crippen molar-refractivity contribution < 1.29 is 18.8 Å². The Labute approximate surface area is 78.2 Å². The van der Waals surface area contributed by atoms with Crippen molar-refractivity contribution in [3.8, 4) is 0 Å². The maximum atomic E-state index is 10.9. The maximum absolute atomic E-state index is 10.9. The Morgan fingerprint density at radius 1 is 1.62 bits per heavy atom. The van der Waals surface area contributed by atoms with Gasteiger partial charge in [0.15, 0.2) is 0 Å². The van der Waals surface area contributed by atoms with Crippen LogP contribution in [0.25, 0.3) is 0 Å². The molecule has 0 amide bonds. The van der Waals surface area contributed by atoms with Crippen molar-refractivity contribution in [1.82, 2.24) is 0 Å². The van der Waals surface area contributed by atoms with E-state index in [1.165, 1.54) is 0 Å². The molecule has 4 nitrogen and oxygen atoms in total. The molecule has 13 heavy (non-hydrogen) atoms. The van der Waals surface area contributed by atoms with Gasteiger partial charge in [-0.05, 0) is 0 Å². The molecule has 0 radical (unpaired) electrons. The van der Waals surface area contributed by atoms with Crippen LogP contribution in [-0.4, -0.2) is 24.5 Å². The number of carbonyl (C=O) groups is 2. The van der Waals surface area contributed by atoms with Crippen molar-refractivity contribution in [3.63, 3.8) is 0 Å². The quantitative estimate of drug-likeness (QED) is 0.367. The SMILES string of the molecule is O=C[C@@H]1[C@H]2CC(=O)O[C@H]2C[C@H]1OP. The summed E-state index contributed by atoms with van der Waals surface area (Å²) in [6, 6.07) is 0. The predicted octanol–water partition coefficient (Wildman–Crippen LogP) is 0.312. The topological polar surface area (TPSA) is 52.6 Å². The third-order valence-corrected chi connectivity index (χ3v) is 3.23. The van der Waals surface area contributed by atoms with Crippen molar-refractivity contribution >= 4 is 21.7 Å². The molecule has 72 valence electrons. The van der Waals surface area contributed by atoms with Crippen LogP contribution in [0.1, 0.15) is 12.8 Å². The lowest BCUT2D eigenvalue weighted by Crippen LogP contribution is -2.21. The highest BCUT2D eigenvalue weighted by molar-refractivity contribution is 7.09. The first-order valence-electron chi connectivity index (χ1n) is 4.26. The molecule has 1 saturated carbocycles. The number of aldehydes is 1. The molecule has 0 bridgehead atoms. The number of esters is 1. The second kappa shape index (κ2) is 3.35. The number of ether oxygens (including phenoxy) is 1. The van der Waals surface area contributed by atoms with E-state index in [0.717, 1.165) is 6.29 Å². The maximum Gasteiger partial charge on any atom is 0.306 e. The van der Waals surface area contributed by atoms with Crippen LogP contribution < -0.4 is 0 Å². The Morgan fingerprint density at radius 3 is 3.00 bits per heavy atom. The summed E-state index contributed by atoms with van der Waals surface area (Å²) in [4.78, 5) is 21.7. The Hall–Kier alpha value is -0.470. The fraction of sp³-hybridized carbons (Fsp3) is 0.750. The molecule has 0 spiro atoms. The van der Waals surface area contributed by atoms with Crippen LogP contribution in [0.2, 0.25) is 0 Å². The zero-order valence-electron chi connectivity index (χ0n) is 7.01. The first-order chi connectivity index (χ1) is 6.26. The van der Waals surface area contributed by atoms with E-state index in [1.807, 2.05) is 0 Å². The summed E-state index contributed by atoms with van der Waals surface area (Å²) in [5.74, 6) is -0.339. The number of carbonyl (C=O) groups excluding carboxylic acids is 2. The largest absolute Gasteiger partial charge is 0.462 e. The standard InChI is InChI=1S/C8H11O4P/c9-3-5-4-1-8(10)11-6(4)2-7(5)12-13/h3-7H,1-2,13H2/t4-,5-,6+,7-/m1/s1. The molecule has 1 heterocycles. The molecule has 5 atom stereocenters. The minimum absolute atomic E-state index is 0.0375. The molecule has 0 aromatic rings. The Morgan fingerprint density at radius 2 is 2.38 bits per heavy atom. The van der Waals surface area contributed by atoms with Gasteiger partial charge in [-0.1, -0.05) is 0 Å². The predicted molar refractivity (Wildman–Crippen MR) is 46.7 cm³/mol. The van der Waals surface area contributed by atoms with Crippen LogP contribution in [0, 0.1) is 11.8 Å². The summed E-state index contributed by atoms with van der Waals surface area (Å²) in [7, 11) is 2.16. The van der Waals surface area contributed by atoms with Crippen LogP contribution in [0.5, 0.6) is 0 Å². The Bertz CT molecular complexity index is 242. The van der Waals surface area contributed by atoms with Gasteiger partial charge in [0.25, 0.3) is 0 Å². The summed E-state index contributed by atoms with van der Waals surface area (Å²) in [6.45, 7) is 0. The number of hydrogen-bond donors (Lipinski definition) is 0. The van der Waals surface area contributed by atoms with Crippen molar-refractivity contribution in [2.24, 2.45) is 11.8 Å². The van der Waals surface area contributed by atoms with Gasteiger partial charge in [0.05, 0.1) is 12.5 Å². The smallest absolute Gasteiger partial charge is 0.306 e. The van der Waals surface area contributed by atoms with Crippen LogP contribution in [0.15, 0.2) is 0 Å². The van der Waals surface area contributed by atoms with Crippen LogP contribution in [0.3, 0.4) is 0 Å². The van der Waals surface area contributed by atoms with E-state index in [9.17, 15) is 9.59 Å². The van der Waals surface area contributed by atoms with E-state index in [1.54, 1.807) is 0 Å². The van der Waals surface area contributed by atoms with Crippen molar-refractivity contribution in [1.29, 1.82) is 0 Å². The molecule has 2 aliphatic rings. The lowest BCUT2D eigenvalue weighted by Gasteiger charge is -2.14. The average Bonchev–Trinajstić information content (AvgIpc) is 2.59. The summed E-state index contributed by atoms with van der Waals surface area (Å²) in [5, 5.41) is 0. The second-order valence-electron chi connectivity index (χ2n) is 3.52. The Balaban J connectivity index is 2.14. The Kier molecular flexibility index (Phi) is 2.35. The lowest BCUT2D eigenvalue weighted by atomic mass is 9.94. The lowest BCUT2D eigenvalue weighted by molar-refractivity contribution is -0.141. The van der Waals surface area contributed by atoms with Crippen LogP contribution >= 0.6 is 9.47 Å². The normalized spacial score (nSPS) is 43.0. The first-order valence-corrected chi connectivity index (χ1v) is 4.73. The molecule has 2 fully saturated rings. The summed E-state index contributed by atoms with van der Waals surface area (Å²) in [6.07, 6.45) is 1.67. The van der Waals surface area contributed by atoms with Crippen LogP contribution in [-0.2, 0) is 18.8 Å². The van der Waals surface area contributed by atoms with Gasteiger partial charge < -0.3 is 14.1 Å². The van der Waals surface area contributed by atoms with Gasteiger partial charge >= 0.3 is 5.97 Å². The second-order valence-corrected chi connectivity index (χ2v) is 3.79. The molecule has 0 N–H and O–H groups in total. The highest BCUT2D eigenvalue weighted by Crippen LogP contribution is 2.42. The third-order valence-electron chi connectivity index (χ3n) is 2.88. The van der Waals surface area contributed by atoms with Gasteiger partial charge in [0.1, 0.15) is 12.4 Å². The molecule has 5 heteroatoms. The van der Waals surface area contributed by atoms with Gasteiger partial charge in [0.2, 0.25) is 0 Å². The molecular weight excluding hydrogens is 191 g/mol. The zero-order chi connectivity index (χ0) is 9.42. The van der Waals surface area contributed by atoms with Crippen molar-refractivity contribution in [3.05, 3.63) is 0 Å². The summed E-state index contributed by atoms with van der Waals surface area (Å²) >= 11 is 0. The van der Waals surface area contributed by atoms with E-state index < -0.39 is 0 Å². The van der Waals surface area contributed by atoms with E-state index in [4.69, 9.17) is 9.26 Å². The molecule has 2 rings (SSSR count). The van der Waals surface area contributed by atoms with Gasteiger partial charge in [-0.15, -0.1) is 0 Å². The first kappa shape index (κ1) is 9.10. The summed E-state index contributed by atoms with van der Waals surface area (Å²) in [5.41, 5.74) is 0. The number of rotatable bonds is 2. The van der Waals surface area contributed by atoms with E-state index in [2.05, 4.69) is 9.47 Å². The molecule has 1 saturated heterocycles. The molecular formula is C8H11O4P. The van der Waals surface area contributed by atoms with E-state index in [-0.39, 0.29) is 30.0 Å². The summed E-state index contributed by atoms with van der Waals surface area (Å²) < 4.78 is 10.1. The van der Waals surface area contributed by atoms with E-state index in [0.29, 0.717) is 12.8 Å². The zero-order valence-corrected chi connectivity index (χ0v) is 8.17. The highest BCUT2D eigenvalue weighted by atomic mass is 31.0. The monoisotopic (exact) mass is 202 g/mol. The minimum atomic E-state index is -0.191. The fourth-order valence-corrected chi connectivity index (χ4v) is 2.52. The van der Waals surface area contributed by atoms with Gasteiger partial charge in [-0.25, -0.2) is 0 Å². The third kappa shape index (κ3) is 1.38. The van der Waals surface area contributed by atoms with Gasteiger partial charge in [-0.2, -0.15) is 0 Å². The van der Waals surface area contributed by atoms with Crippen molar-refractivity contribution in [2.75, 3.05) is 0 Å². The average molecular weight is 202 g/mol. The molecule has 1 unspecified atom stereocenters. The van der Waals surface area contributed by atoms with Gasteiger partial charge in [-0.3, -0.25) is 4.79 Å². The minimum Gasteiger partial charge on any atom is -0.462 e. The molecule has 0 aromatic heterocycles. The number of fused-ring (bicyclic) bond motifs is 1. The highest BCUT2D eigenvalue weighted by Gasteiger charge is 2.50. The molecule has 1 aliphatic heterocycles. The fourth-order valence-electron chi connectivity index (χ4n) is 2.23. The van der Waals surface area contributed by atoms with E-state index >= 15 is 0 Å².